The highest BCUT2D eigenvalue weighted by Crippen LogP contribution is 2.30. The van der Waals surface area contributed by atoms with Gasteiger partial charge >= 0.3 is 0 Å². The number of hydrogen-bond acceptors (Lipinski definition) is 3. The maximum atomic E-state index is 8.77. The van der Waals surface area contributed by atoms with E-state index in [4.69, 9.17) is 10.00 Å². The van der Waals surface area contributed by atoms with Crippen molar-refractivity contribution in [2.24, 2.45) is 0 Å². The lowest BCUT2D eigenvalue weighted by atomic mass is 10.2. The lowest BCUT2D eigenvalue weighted by molar-refractivity contribution is 0.279. The quantitative estimate of drug-likeness (QED) is 0.849. The van der Waals surface area contributed by atoms with Gasteiger partial charge in [-0.25, -0.2) is 4.98 Å². The number of pyridine rings is 1. The maximum Gasteiger partial charge on any atom is 0.181 e. The van der Waals surface area contributed by atoms with Gasteiger partial charge in [0.25, 0.3) is 0 Å². The van der Waals surface area contributed by atoms with Gasteiger partial charge in [-0.1, -0.05) is 15.9 Å². The first-order valence-corrected chi connectivity index (χ1v) is 6.03. The van der Waals surface area contributed by atoms with E-state index in [0.29, 0.717) is 5.75 Å². The average Bonchev–Trinajstić information content (AvgIpc) is 2.32. The van der Waals surface area contributed by atoms with Crippen molar-refractivity contribution < 1.29 is 4.74 Å². The van der Waals surface area contributed by atoms with E-state index in [1.807, 2.05) is 37.3 Å². The first-order chi connectivity index (χ1) is 8.11. The molecule has 1 aromatic carbocycles. The van der Waals surface area contributed by atoms with Crippen LogP contribution in [0.15, 0.2) is 28.7 Å². The molecular weight excluding hydrogens is 280 g/mol. The summed E-state index contributed by atoms with van der Waals surface area (Å²) < 4.78 is 6.51. The van der Waals surface area contributed by atoms with Gasteiger partial charge in [-0.3, -0.25) is 0 Å². The first kappa shape index (κ1) is 11.9. The molecule has 1 unspecified atom stereocenters. The fourth-order valence-corrected chi connectivity index (χ4v) is 2.02. The number of ether oxygens (including phenoxy) is 1. The third-order valence-electron chi connectivity index (χ3n) is 2.39. The highest BCUT2D eigenvalue weighted by molar-refractivity contribution is 9.10. The Kier molecular flexibility index (Phi) is 3.30. The highest BCUT2D eigenvalue weighted by Gasteiger charge is 2.10. The minimum atomic E-state index is -0.485. The molecule has 0 saturated heterocycles. The van der Waals surface area contributed by atoms with Crippen LogP contribution < -0.4 is 4.74 Å². The third-order valence-corrected chi connectivity index (χ3v) is 3.08. The summed E-state index contributed by atoms with van der Waals surface area (Å²) in [5.74, 6) is 0.640. The number of hydrogen-bond donors (Lipinski definition) is 0. The topological polar surface area (TPSA) is 45.9 Å². The summed E-state index contributed by atoms with van der Waals surface area (Å²) in [5.41, 5.74) is 1.70. The van der Waals surface area contributed by atoms with E-state index in [0.717, 1.165) is 21.1 Å². The van der Waals surface area contributed by atoms with Crippen molar-refractivity contribution in [2.75, 3.05) is 0 Å². The molecule has 0 spiro atoms. The van der Waals surface area contributed by atoms with Gasteiger partial charge in [0, 0.05) is 15.6 Å². The normalized spacial score (nSPS) is 12.1. The third kappa shape index (κ3) is 2.40. The van der Waals surface area contributed by atoms with E-state index in [9.17, 15) is 0 Å². The molecule has 4 heteroatoms. The Morgan fingerprint density at radius 1 is 1.35 bits per heavy atom. The Hall–Kier alpha value is -1.60. The average molecular weight is 291 g/mol. The van der Waals surface area contributed by atoms with Crippen LogP contribution in [0.1, 0.15) is 12.6 Å². The number of benzene rings is 1. The van der Waals surface area contributed by atoms with Gasteiger partial charge in [-0.15, -0.1) is 0 Å². The van der Waals surface area contributed by atoms with Crippen molar-refractivity contribution in [1.82, 2.24) is 4.98 Å². The number of halogens is 1. The largest absolute Gasteiger partial charge is 0.474 e. The van der Waals surface area contributed by atoms with Gasteiger partial charge in [0.05, 0.1) is 0 Å². The molecule has 0 aliphatic carbocycles. The summed E-state index contributed by atoms with van der Waals surface area (Å²) in [6.45, 7) is 3.64. The Bertz CT molecular complexity index is 604. The molecule has 0 N–H and O–H groups in total. The van der Waals surface area contributed by atoms with Crippen LogP contribution in [0.25, 0.3) is 10.9 Å². The van der Waals surface area contributed by atoms with E-state index >= 15 is 0 Å². The number of rotatable bonds is 2. The SMILES string of the molecule is Cc1ccc2c(Br)ccc(OC(C)C#N)c2n1. The van der Waals surface area contributed by atoms with E-state index < -0.39 is 6.10 Å². The molecular formula is C13H11BrN2O. The van der Waals surface area contributed by atoms with Crippen molar-refractivity contribution in [2.45, 2.75) is 20.0 Å². The second-order valence-corrected chi connectivity index (χ2v) is 4.64. The smallest absolute Gasteiger partial charge is 0.181 e. The van der Waals surface area contributed by atoms with E-state index in [1.165, 1.54) is 0 Å². The first-order valence-electron chi connectivity index (χ1n) is 5.24. The van der Waals surface area contributed by atoms with Gasteiger partial charge < -0.3 is 4.74 Å². The molecule has 1 heterocycles. The van der Waals surface area contributed by atoms with Crippen LogP contribution in [0.2, 0.25) is 0 Å². The lowest BCUT2D eigenvalue weighted by Crippen LogP contribution is -2.08. The van der Waals surface area contributed by atoms with Gasteiger partial charge in [0.2, 0.25) is 0 Å². The zero-order valence-electron chi connectivity index (χ0n) is 9.57. The number of nitrogens with zero attached hydrogens (tertiary/aromatic N) is 2. The number of aromatic nitrogens is 1. The van der Waals surface area contributed by atoms with Gasteiger partial charge in [0.1, 0.15) is 17.3 Å². The summed E-state index contributed by atoms with van der Waals surface area (Å²) in [7, 11) is 0. The van der Waals surface area contributed by atoms with E-state index in [-0.39, 0.29) is 0 Å². The summed E-state index contributed by atoms with van der Waals surface area (Å²) >= 11 is 3.48. The van der Waals surface area contributed by atoms with E-state index in [2.05, 4.69) is 20.9 Å². The van der Waals surface area contributed by atoms with Crippen molar-refractivity contribution in [3.8, 4) is 11.8 Å². The number of aryl methyl sites for hydroxylation is 1. The van der Waals surface area contributed by atoms with Crippen molar-refractivity contribution in [1.29, 1.82) is 5.26 Å². The van der Waals surface area contributed by atoms with Crippen LogP contribution in [0, 0.1) is 18.3 Å². The van der Waals surface area contributed by atoms with Crippen molar-refractivity contribution in [3.63, 3.8) is 0 Å². The maximum absolute atomic E-state index is 8.77. The number of fused-ring (bicyclic) bond motifs is 1. The molecule has 1 atom stereocenters. The molecule has 0 saturated carbocycles. The van der Waals surface area contributed by atoms with Crippen molar-refractivity contribution >= 4 is 26.8 Å². The Labute approximate surface area is 108 Å². The Balaban J connectivity index is 2.60. The molecule has 0 radical (unpaired) electrons. The molecule has 2 rings (SSSR count). The van der Waals surface area contributed by atoms with Crippen LogP contribution in [0.5, 0.6) is 5.75 Å². The minimum absolute atomic E-state index is 0.485. The summed E-state index contributed by atoms with van der Waals surface area (Å²) in [6, 6.07) is 9.71. The molecule has 3 nitrogen and oxygen atoms in total. The van der Waals surface area contributed by atoms with Gasteiger partial charge in [-0.2, -0.15) is 5.26 Å². The Morgan fingerprint density at radius 3 is 2.82 bits per heavy atom. The molecule has 0 amide bonds. The highest BCUT2D eigenvalue weighted by atomic mass is 79.9. The predicted molar refractivity (Wildman–Crippen MR) is 69.9 cm³/mol. The molecule has 0 aliphatic heterocycles. The van der Waals surface area contributed by atoms with Gasteiger partial charge in [-0.05, 0) is 38.1 Å². The molecule has 17 heavy (non-hydrogen) atoms. The summed E-state index contributed by atoms with van der Waals surface area (Å²) in [6.07, 6.45) is -0.485. The molecule has 86 valence electrons. The standard InChI is InChI=1S/C13H11BrN2O/c1-8-3-4-10-11(14)5-6-12(13(10)16-8)17-9(2)7-15/h3-6,9H,1-2H3. The molecule has 0 fully saturated rings. The van der Waals surface area contributed by atoms with Crippen LogP contribution in [0.4, 0.5) is 0 Å². The lowest BCUT2D eigenvalue weighted by Gasteiger charge is -2.11. The fraction of sp³-hybridized carbons (Fsp3) is 0.231. The molecule has 0 bridgehead atoms. The fourth-order valence-electron chi connectivity index (χ4n) is 1.57. The van der Waals surface area contributed by atoms with Crippen molar-refractivity contribution in [3.05, 3.63) is 34.4 Å². The Morgan fingerprint density at radius 2 is 2.12 bits per heavy atom. The monoisotopic (exact) mass is 290 g/mol. The number of nitriles is 1. The van der Waals surface area contributed by atoms with Crippen LogP contribution >= 0.6 is 15.9 Å². The predicted octanol–water partition coefficient (Wildman–Crippen LogP) is 3.60. The van der Waals surface area contributed by atoms with Crippen LogP contribution in [-0.2, 0) is 0 Å². The zero-order chi connectivity index (χ0) is 12.4. The summed E-state index contributed by atoms with van der Waals surface area (Å²) in [5, 5.41) is 9.76. The molecule has 2 aromatic rings. The van der Waals surface area contributed by atoms with E-state index in [1.54, 1.807) is 6.92 Å². The molecule has 0 aliphatic rings. The van der Waals surface area contributed by atoms with Crippen LogP contribution in [-0.4, -0.2) is 11.1 Å². The second kappa shape index (κ2) is 4.72. The second-order valence-electron chi connectivity index (χ2n) is 3.78. The summed E-state index contributed by atoms with van der Waals surface area (Å²) in [4.78, 5) is 4.46. The minimum Gasteiger partial charge on any atom is -0.474 e. The molecule has 1 aromatic heterocycles. The zero-order valence-corrected chi connectivity index (χ0v) is 11.2. The van der Waals surface area contributed by atoms with Gasteiger partial charge in [0.15, 0.2) is 6.10 Å². The van der Waals surface area contributed by atoms with Crippen LogP contribution in [0.3, 0.4) is 0 Å².